The van der Waals surface area contributed by atoms with Gasteiger partial charge in [-0.15, -0.1) is 0 Å². The maximum Gasteiger partial charge on any atom is 0.307 e. The van der Waals surface area contributed by atoms with E-state index < -0.39 is 5.41 Å². The zero-order chi connectivity index (χ0) is 14.3. The molecule has 18 heavy (non-hydrogen) atoms. The van der Waals surface area contributed by atoms with Crippen molar-refractivity contribution < 1.29 is 14.3 Å². The van der Waals surface area contributed by atoms with E-state index in [1.165, 1.54) is 0 Å². The van der Waals surface area contributed by atoms with Crippen LogP contribution in [0.3, 0.4) is 0 Å². The van der Waals surface area contributed by atoms with Gasteiger partial charge in [-0.05, 0) is 19.3 Å². The largest absolute Gasteiger partial charge is 0.463 e. The smallest absolute Gasteiger partial charge is 0.307 e. The second kappa shape index (κ2) is 7.39. The zero-order valence-corrected chi connectivity index (χ0v) is 12.5. The zero-order valence-electron chi connectivity index (χ0n) is 12.5. The van der Waals surface area contributed by atoms with Crippen LogP contribution in [-0.4, -0.2) is 24.5 Å². The Kier molecular flexibility index (Phi) is 6.96. The summed E-state index contributed by atoms with van der Waals surface area (Å²) < 4.78 is 5.24. The summed E-state index contributed by atoms with van der Waals surface area (Å²) in [4.78, 5) is 23.0. The first-order valence-electron chi connectivity index (χ1n) is 6.60. The molecule has 0 aliphatic heterocycles. The van der Waals surface area contributed by atoms with Crippen LogP contribution in [0.5, 0.6) is 0 Å². The number of rotatable bonds is 6. The average molecular weight is 257 g/mol. The van der Waals surface area contributed by atoms with Gasteiger partial charge in [-0.2, -0.15) is 0 Å². The standard InChI is InChI=1S/C14H27NO3/c1-10(2)9-11(3)18-12(16)7-8-15-13(17)14(4,5)6/h10-11H,7-9H2,1-6H3,(H,15,17). The Morgan fingerprint density at radius 1 is 1.17 bits per heavy atom. The van der Waals surface area contributed by atoms with Crippen LogP contribution in [0.15, 0.2) is 0 Å². The summed E-state index contributed by atoms with van der Waals surface area (Å²) in [7, 11) is 0. The third kappa shape index (κ3) is 8.09. The van der Waals surface area contributed by atoms with Crippen LogP contribution in [0.4, 0.5) is 0 Å². The molecule has 106 valence electrons. The van der Waals surface area contributed by atoms with E-state index in [0.717, 1.165) is 6.42 Å². The van der Waals surface area contributed by atoms with E-state index >= 15 is 0 Å². The fourth-order valence-corrected chi connectivity index (χ4v) is 1.54. The highest BCUT2D eigenvalue weighted by molar-refractivity contribution is 5.81. The highest BCUT2D eigenvalue weighted by Crippen LogP contribution is 2.12. The minimum atomic E-state index is -0.422. The predicted octanol–water partition coefficient (Wildman–Crippen LogP) is 2.52. The number of carbonyl (C=O) groups excluding carboxylic acids is 2. The van der Waals surface area contributed by atoms with Crippen molar-refractivity contribution in [3.8, 4) is 0 Å². The first-order valence-corrected chi connectivity index (χ1v) is 6.60. The van der Waals surface area contributed by atoms with Crippen molar-refractivity contribution in [1.82, 2.24) is 5.32 Å². The van der Waals surface area contributed by atoms with Crippen molar-refractivity contribution in [3.63, 3.8) is 0 Å². The van der Waals surface area contributed by atoms with Gasteiger partial charge < -0.3 is 10.1 Å². The molecule has 0 heterocycles. The molecule has 0 aliphatic carbocycles. The van der Waals surface area contributed by atoms with Gasteiger partial charge in [0.1, 0.15) is 0 Å². The van der Waals surface area contributed by atoms with E-state index in [2.05, 4.69) is 19.2 Å². The molecule has 0 fully saturated rings. The molecule has 0 radical (unpaired) electrons. The van der Waals surface area contributed by atoms with Crippen molar-refractivity contribution in [2.24, 2.45) is 11.3 Å². The first kappa shape index (κ1) is 16.9. The predicted molar refractivity (Wildman–Crippen MR) is 72.1 cm³/mol. The van der Waals surface area contributed by atoms with Crippen LogP contribution >= 0.6 is 0 Å². The van der Waals surface area contributed by atoms with Crippen molar-refractivity contribution >= 4 is 11.9 Å². The molecule has 0 spiro atoms. The van der Waals surface area contributed by atoms with Crippen LogP contribution in [-0.2, 0) is 14.3 Å². The van der Waals surface area contributed by atoms with Crippen molar-refractivity contribution in [2.45, 2.75) is 60.5 Å². The average Bonchev–Trinajstić information content (AvgIpc) is 2.13. The second-order valence-electron chi connectivity index (χ2n) is 6.19. The maximum atomic E-state index is 11.6. The van der Waals surface area contributed by atoms with Gasteiger partial charge in [0.2, 0.25) is 5.91 Å². The summed E-state index contributed by atoms with van der Waals surface area (Å²) in [6.45, 7) is 11.9. The van der Waals surface area contributed by atoms with Crippen LogP contribution < -0.4 is 5.32 Å². The summed E-state index contributed by atoms with van der Waals surface area (Å²) in [5, 5.41) is 2.73. The molecule has 1 amide bonds. The first-order chi connectivity index (χ1) is 8.12. The molecule has 0 saturated carbocycles. The summed E-state index contributed by atoms with van der Waals surface area (Å²) >= 11 is 0. The molecule has 4 nitrogen and oxygen atoms in total. The highest BCUT2D eigenvalue weighted by atomic mass is 16.5. The Balaban J connectivity index is 3.82. The number of nitrogens with one attached hydrogen (secondary N) is 1. The molecule has 1 N–H and O–H groups in total. The van der Waals surface area contributed by atoms with Crippen LogP contribution in [0.25, 0.3) is 0 Å². The number of ether oxygens (including phenoxy) is 1. The van der Waals surface area contributed by atoms with Gasteiger partial charge >= 0.3 is 5.97 Å². The Morgan fingerprint density at radius 2 is 1.72 bits per heavy atom. The molecule has 0 rings (SSSR count). The molecule has 0 saturated heterocycles. The lowest BCUT2D eigenvalue weighted by molar-refractivity contribution is -0.148. The minimum Gasteiger partial charge on any atom is -0.463 e. The van der Waals surface area contributed by atoms with Crippen molar-refractivity contribution in [1.29, 1.82) is 0 Å². The monoisotopic (exact) mass is 257 g/mol. The Hall–Kier alpha value is -1.06. The van der Waals surface area contributed by atoms with E-state index in [4.69, 9.17) is 4.74 Å². The molecule has 0 aromatic heterocycles. The lowest BCUT2D eigenvalue weighted by Crippen LogP contribution is -2.36. The van der Waals surface area contributed by atoms with E-state index in [1.807, 2.05) is 27.7 Å². The number of hydrogen-bond donors (Lipinski definition) is 1. The van der Waals surface area contributed by atoms with Gasteiger partial charge in [-0.25, -0.2) is 0 Å². The Bertz CT molecular complexity index is 279. The number of hydrogen-bond acceptors (Lipinski definition) is 3. The molecular weight excluding hydrogens is 230 g/mol. The molecule has 0 aromatic carbocycles. The normalized spacial score (nSPS) is 13.3. The molecule has 0 bridgehead atoms. The summed E-state index contributed by atoms with van der Waals surface area (Å²) in [5.74, 6) is 0.205. The van der Waals surface area contributed by atoms with E-state index in [9.17, 15) is 9.59 Å². The van der Waals surface area contributed by atoms with Gasteiger partial charge in [0, 0.05) is 12.0 Å². The van der Waals surface area contributed by atoms with Crippen LogP contribution in [0, 0.1) is 11.3 Å². The summed E-state index contributed by atoms with van der Waals surface area (Å²) in [6, 6.07) is 0. The van der Waals surface area contributed by atoms with Crippen LogP contribution in [0.2, 0.25) is 0 Å². The van der Waals surface area contributed by atoms with Gasteiger partial charge in [0.05, 0.1) is 12.5 Å². The van der Waals surface area contributed by atoms with E-state index in [1.54, 1.807) is 0 Å². The lowest BCUT2D eigenvalue weighted by Gasteiger charge is -2.18. The van der Waals surface area contributed by atoms with Crippen molar-refractivity contribution in [2.75, 3.05) is 6.54 Å². The Morgan fingerprint density at radius 3 is 2.17 bits per heavy atom. The van der Waals surface area contributed by atoms with Gasteiger partial charge in [0.25, 0.3) is 0 Å². The van der Waals surface area contributed by atoms with E-state index in [0.29, 0.717) is 12.5 Å². The van der Waals surface area contributed by atoms with Gasteiger partial charge in [0.15, 0.2) is 0 Å². The van der Waals surface area contributed by atoms with Gasteiger partial charge in [-0.3, -0.25) is 9.59 Å². The maximum absolute atomic E-state index is 11.6. The second-order valence-corrected chi connectivity index (χ2v) is 6.19. The third-order valence-electron chi connectivity index (χ3n) is 2.43. The summed E-state index contributed by atoms with van der Waals surface area (Å²) in [5.41, 5.74) is -0.422. The third-order valence-corrected chi connectivity index (χ3v) is 2.43. The minimum absolute atomic E-state index is 0.0504. The topological polar surface area (TPSA) is 55.4 Å². The van der Waals surface area contributed by atoms with Crippen LogP contribution in [0.1, 0.15) is 54.4 Å². The number of esters is 1. The molecule has 1 unspecified atom stereocenters. The summed E-state index contributed by atoms with van der Waals surface area (Å²) in [6.07, 6.45) is 1.03. The molecule has 4 heteroatoms. The lowest BCUT2D eigenvalue weighted by atomic mass is 9.96. The number of carbonyl (C=O) groups is 2. The molecular formula is C14H27NO3. The fourth-order valence-electron chi connectivity index (χ4n) is 1.54. The van der Waals surface area contributed by atoms with Crippen molar-refractivity contribution in [3.05, 3.63) is 0 Å². The SMILES string of the molecule is CC(C)CC(C)OC(=O)CCNC(=O)C(C)(C)C. The molecule has 1 atom stereocenters. The Labute approximate surface area is 110 Å². The highest BCUT2D eigenvalue weighted by Gasteiger charge is 2.20. The fraction of sp³-hybridized carbons (Fsp3) is 0.857. The number of amides is 1. The van der Waals surface area contributed by atoms with E-state index in [-0.39, 0.29) is 24.4 Å². The quantitative estimate of drug-likeness (QED) is 0.744. The molecule has 0 aliphatic rings. The van der Waals surface area contributed by atoms with Gasteiger partial charge in [-0.1, -0.05) is 34.6 Å². The molecule has 0 aromatic rings.